The Morgan fingerprint density at radius 3 is 1.72 bits per heavy atom. The minimum absolute atomic E-state index is 0.117. The van der Waals surface area contributed by atoms with Crippen LogP contribution in [0, 0.1) is 0 Å². The SMILES string of the molecule is CC1(C)c2ccccc2-c2cc3ccc4ccc(-c5nc(-c6ccc7oc8ccccc8c7c6)nc(-c6cc7c(c8oc9ccccc9c68)-c6ccccc6C7(C)C)n5)cc4c3cc21. The van der Waals surface area contributed by atoms with Crippen LogP contribution in [0.4, 0.5) is 0 Å². The van der Waals surface area contributed by atoms with Gasteiger partial charge in [-0.05, 0) is 115 Å². The summed E-state index contributed by atoms with van der Waals surface area (Å²) in [6, 6.07) is 58.6. The molecule has 0 atom stereocenters. The first-order valence-corrected chi connectivity index (χ1v) is 22.1. The fraction of sp³-hybridized carbons (Fsp3) is 0.102. The molecule has 3 heterocycles. The highest BCUT2D eigenvalue weighted by Gasteiger charge is 2.39. The zero-order valence-electron chi connectivity index (χ0n) is 35.7. The van der Waals surface area contributed by atoms with Crippen LogP contribution in [-0.4, -0.2) is 15.0 Å². The van der Waals surface area contributed by atoms with Crippen molar-refractivity contribution in [2.24, 2.45) is 0 Å². The second-order valence-electron chi connectivity index (χ2n) is 18.7. The predicted octanol–water partition coefficient (Wildman–Crippen LogP) is 15.6. The Hall–Kier alpha value is -7.89. The maximum atomic E-state index is 6.89. The van der Waals surface area contributed by atoms with Crippen LogP contribution in [0.1, 0.15) is 49.9 Å². The quantitative estimate of drug-likeness (QED) is 0.166. The second kappa shape index (κ2) is 12.4. The smallest absolute Gasteiger partial charge is 0.164 e. The van der Waals surface area contributed by atoms with Crippen molar-refractivity contribution < 1.29 is 8.83 Å². The lowest BCUT2D eigenvalue weighted by Crippen LogP contribution is -2.15. The first-order valence-electron chi connectivity index (χ1n) is 22.1. The molecule has 9 aromatic carbocycles. The highest BCUT2D eigenvalue weighted by Crippen LogP contribution is 2.55. The van der Waals surface area contributed by atoms with Gasteiger partial charge in [0.2, 0.25) is 0 Å². The van der Waals surface area contributed by atoms with Crippen molar-refractivity contribution in [1.29, 1.82) is 0 Å². The van der Waals surface area contributed by atoms with Crippen molar-refractivity contribution in [3.63, 3.8) is 0 Å². The monoisotopic (exact) mass is 821 g/mol. The van der Waals surface area contributed by atoms with Gasteiger partial charge < -0.3 is 8.83 Å². The number of fused-ring (bicyclic) bond motifs is 16. The number of benzene rings is 9. The van der Waals surface area contributed by atoms with Gasteiger partial charge in [0.1, 0.15) is 22.3 Å². The van der Waals surface area contributed by atoms with E-state index in [2.05, 4.69) is 167 Å². The number of furan rings is 2. The Bertz CT molecular complexity index is 4030. The minimum atomic E-state index is -0.282. The van der Waals surface area contributed by atoms with Crippen molar-refractivity contribution in [2.45, 2.75) is 38.5 Å². The molecule has 2 aliphatic rings. The van der Waals surface area contributed by atoms with E-state index in [-0.39, 0.29) is 10.8 Å². The van der Waals surface area contributed by atoms with Gasteiger partial charge >= 0.3 is 0 Å². The fourth-order valence-corrected chi connectivity index (χ4v) is 11.2. The average Bonchev–Trinajstić information content (AvgIpc) is 4.03. The maximum absolute atomic E-state index is 6.89. The number of aromatic nitrogens is 3. The Balaban J connectivity index is 1.04. The Kier molecular flexibility index (Phi) is 6.91. The largest absolute Gasteiger partial charge is 0.456 e. The van der Waals surface area contributed by atoms with Crippen LogP contribution in [0.3, 0.4) is 0 Å². The molecule has 5 nitrogen and oxygen atoms in total. The van der Waals surface area contributed by atoms with Gasteiger partial charge in [0.05, 0.1) is 0 Å². The van der Waals surface area contributed by atoms with E-state index in [1.165, 1.54) is 60.5 Å². The van der Waals surface area contributed by atoms with E-state index in [1.54, 1.807) is 0 Å². The average molecular weight is 822 g/mol. The lowest BCUT2D eigenvalue weighted by atomic mass is 9.81. The first kappa shape index (κ1) is 35.7. The molecule has 0 bridgehead atoms. The van der Waals surface area contributed by atoms with Gasteiger partial charge in [0.25, 0.3) is 0 Å². The maximum Gasteiger partial charge on any atom is 0.164 e. The summed E-state index contributed by atoms with van der Waals surface area (Å²) in [5.74, 6) is 1.79. The van der Waals surface area contributed by atoms with Crippen LogP contribution in [0.15, 0.2) is 173 Å². The summed E-state index contributed by atoms with van der Waals surface area (Å²) in [5.41, 5.74) is 15.9. The van der Waals surface area contributed by atoms with E-state index in [0.29, 0.717) is 17.5 Å². The summed E-state index contributed by atoms with van der Waals surface area (Å²) >= 11 is 0. The van der Waals surface area contributed by atoms with Crippen LogP contribution in [-0.2, 0) is 10.8 Å². The predicted molar refractivity (Wildman–Crippen MR) is 261 cm³/mol. The van der Waals surface area contributed by atoms with Gasteiger partial charge in [0, 0.05) is 54.6 Å². The summed E-state index contributed by atoms with van der Waals surface area (Å²) in [6.45, 7) is 9.30. The third-order valence-corrected chi connectivity index (χ3v) is 14.5. The molecule has 2 aliphatic carbocycles. The zero-order chi connectivity index (χ0) is 42.6. The Labute approximate surface area is 368 Å². The topological polar surface area (TPSA) is 65.0 Å². The molecule has 302 valence electrons. The number of nitrogens with zero attached hydrogens (tertiary/aromatic N) is 3. The summed E-state index contributed by atoms with van der Waals surface area (Å²) < 4.78 is 13.2. The lowest BCUT2D eigenvalue weighted by molar-refractivity contribution is 0.653. The number of hydrogen-bond acceptors (Lipinski definition) is 5. The number of rotatable bonds is 3. The van der Waals surface area contributed by atoms with E-state index in [9.17, 15) is 0 Å². The Morgan fingerprint density at radius 1 is 0.359 bits per heavy atom. The van der Waals surface area contributed by atoms with E-state index < -0.39 is 0 Å². The van der Waals surface area contributed by atoms with Gasteiger partial charge in [-0.2, -0.15) is 0 Å². The zero-order valence-corrected chi connectivity index (χ0v) is 35.7. The lowest BCUT2D eigenvalue weighted by Gasteiger charge is -2.22. The molecule has 0 unspecified atom stereocenters. The molecule has 0 fully saturated rings. The van der Waals surface area contributed by atoms with Crippen LogP contribution in [0.2, 0.25) is 0 Å². The molecule has 0 aliphatic heterocycles. The van der Waals surface area contributed by atoms with E-state index in [0.717, 1.165) is 66.1 Å². The van der Waals surface area contributed by atoms with Gasteiger partial charge in [0.15, 0.2) is 17.5 Å². The van der Waals surface area contributed by atoms with Crippen molar-refractivity contribution in [3.05, 3.63) is 186 Å². The molecular weight excluding hydrogens is 783 g/mol. The van der Waals surface area contributed by atoms with Crippen LogP contribution in [0.25, 0.3) is 122 Å². The molecule has 64 heavy (non-hydrogen) atoms. The normalized spacial score (nSPS) is 14.5. The molecule has 0 amide bonds. The highest BCUT2D eigenvalue weighted by atomic mass is 16.3. The van der Waals surface area contributed by atoms with Gasteiger partial charge in [-0.3, -0.25) is 0 Å². The van der Waals surface area contributed by atoms with Crippen LogP contribution >= 0.6 is 0 Å². The molecular formula is C59H39N3O2. The molecule has 0 spiro atoms. The molecule has 0 saturated carbocycles. The molecule has 12 aromatic rings. The third kappa shape index (κ3) is 4.76. The summed E-state index contributed by atoms with van der Waals surface area (Å²) in [4.78, 5) is 16.2. The van der Waals surface area contributed by atoms with Crippen LogP contribution < -0.4 is 0 Å². The minimum Gasteiger partial charge on any atom is -0.456 e. The molecule has 0 N–H and O–H groups in total. The standard InChI is InChI=1S/C59H39N3O2/c1-58(2)45-17-9-5-13-36(45)42-27-33-23-21-32-22-24-34(28-40(32)41(33)30-47(42)58)55-60-56(35-25-26-51-43(29-35)37-14-7-11-19-49(37)63-51)62-57(61-55)44-31-48-53(38-15-6-10-18-46(38)59(48,3)4)54-52(44)39-16-8-12-20-50(39)64-54/h5-31H,1-4H3. The molecule has 14 rings (SSSR count). The summed E-state index contributed by atoms with van der Waals surface area (Å²) in [7, 11) is 0. The van der Waals surface area contributed by atoms with Crippen molar-refractivity contribution in [2.75, 3.05) is 0 Å². The highest BCUT2D eigenvalue weighted by molar-refractivity contribution is 6.18. The van der Waals surface area contributed by atoms with E-state index in [1.807, 2.05) is 24.3 Å². The second-order valence-corrected chi connectivity index (χ2v) is 18.7. The van der Waals surface area contributed by atoms with Gasteiger partial charge in [-0.25, -0.2) is 15.0 Å². The molecule has 3 aromatic heterocycles. The van der Waals surface area contributed by atoms with Gasteiger partial charge in [-0.1, -0.05) is 137 Å². The molecule has 5 heteroatoms. The van der Waals surface area contributed by atoms with E-state index in [4.69, 9.17) is 23.8 Å². The Morgan fingerprint density at radius 2 is 0.922 bits per heavy atom. The summed E-state index contributed by atoms with van der Waals surface area (Å²) in [5, 5.41) is 8.88. The van der Waals surface area contributed by atoms with Gasteiger partial charge in [-0.15, -0.1) is 0 Å². The summed E-state index contributed by atoms with van der Waals surface area (Å²) in [6.07, 6.45) is 0. The van der Waals surface area contributed by atoms with Crippen molar-refractivity contribution in [3.8, 4) is 56.4 Å². The third-order valence-electron chi connectivity index (χ3n) is 14.5. The van der Waals surface area contributed by atoms with Crippen molar-refractivity contribution in [1.82, 2.24) is 15.0 Å². The number of hydrogen-bond donors (Lipinski definition) is 0. The molecule has 0 saturated heterocycles. The number of para-hydroxylation sites is 2. The van der Waals surface area contributed by atoms with Crippen molar-refractivity contribution >= 4 is 65.4 Å². The first-order chi connectivity index (χ1) is 31.2. The fourth-order valence-electron chi connectivity index (χ4n) is 11.2. The van der Waals surface area contributed by atoms with Crippen LogP contribution in [0.5, 0.6) is 0 Å². The molecule has 0 radical (unpaired) electrons. The van der Waals surface area contributed by atoms with E-state index >= 15 is 0 Å².